The molecule has 0 radical (unpaired) electrons. The van der Waals surface area contributed by atoms with Gasteiger partial charge >= 0.3 is 6.36 Å². The van der Waals surface area contributed by atoms with Crippen LogP contribution in [0.25, 0.3) is 22.0 Å². The summed E-state index contributed by atoms with van der Waals surface area (Å²) in [5, 5.41) is 3.29. The highest BCUT2D eigenvalue weighted by atomic mass is 19.4. The SMILES string of the molecule is NCCCn1cc(-c2ccc(OC(F)(F)F)cc2)c2cccc(CN3CCC(CN4CCN(c5ccc6c(c5)C(=O)N(C5CCC(=O)NC5=O)C6=O)CC4)CC3)c21. The number of rotatable bonds is 11. The van der Waals surface area contributed by atoms with E-state index in [-0.39, 0.29) is 24.2 Å². The first kappa shape index (κ1) is 38.6. The lowest BCUT2D eigenvalue weighted by Crippen LogP contribution is -2.54. The third-order valence-electron chi connectivity index (χ3n) is 11.8. The van der Waals surface area contributed by atoms with Crippen LogP contribution >= 0.6 is 0 Å². The predicted molar refractivity (Wildman–Crippen MR) is 207 cm³/mol. The van der Waals surface area contributed by atoms with Gasteiger partial charge in [-0.15, -0.1) is 13.2 Å². The number of carbonyl (C=O) groups excluding carboxylic acids is 4. The van der Waals surface area contributed by atoms with E-state index in [0.717, 1.165) is 111 Å². The number of nitrogens with two attached hydrogens (primary N) is 1. The number of para-hydroxylation sites is 1. The number of hydrogen-bond donors (Lipinski definition) is 2. The van der Waals surface area contributed by atoms with Gasteiger partial charge in [-0.05, 0) is 92.7 Å². The molecule has 4 aromatic rings. The number of benzene rings is 3. The first-order valence-corrected chi connectivity index (χ1v) is 19.7. The van der Waals surface area contributed by atoms with E-state index >= 15 is 0 Å². The van der Waals surface area contributed by atoms with Gasteiger partial charge in [0.25, 0.3) is 11.8 Å². The lowest BCUT2D eigenvalue weighted by molar-refractivity contribution is -0.274. The fourth-order valence-corrected chi connectivity index (χ4v) is 8.85. The molecule has 3 N–H and O–H groups in total. The van der Waals surface area contributed by atoms with Crippen molar-refractivity contribution in [3.63, 3.8) is 0 Å². The molecule has 3 fully saturated rings. The second-order valence-electron chi connectivity index (χ2n) is 15.4. The maximum Gasteiger partial charge on any atom is 0.573 e. The number of amides is 4. The molecule has 0 aliphatic carbocycles. The topological polar surface area (TPSA) is 133 Å². The fraction of sp³-hybridized carbons (Fsp3) is 0.429. The normalized spacial score (nSPS) is 20.1. The van der Waals surface area contributed by atoms with Crippen LogP contribution in [0.5, 0.6) is 5.75 Å². The fourth-order valence-electron chi connectivity index (χ4n) is 8.85. The van der Waals surface area contributed by atoms with E-state index in [0.29, 0.717) is 18.0 Å². The molecular formula is C42H46F3N7O5. The maximum absolute atomic E-state index is 13.3. The summed E-state index contributed by atoms with van der Waals surface area (Å²) in [6, 6.07) is 16.6. The smallest absolute Gasteiger partial charge is 0.406 e. The average Bonchev–Trinajstić information content (AvgIpc) is 3.69. The van der Waals surface area contributed by atoms with Gasteiger partial charge in [0.05, 0.1) is 16.6 Å². The minimum atomic E-state index is -4.74. The molecule has 4 aliphatic heterocycles. The van der Waals surface area contributed by atoms with Crippen LogP contribution in [0.15, 0.2) is 66.9 Å². The van der Waals surface area contributed by atoms with Gasteiger partial charge in [-0.1, -0.05) is 30.3 Å². The lowest BCUT2D eigenvalue weighted by Gasteiger charge is -2.39. The molecule has 1 aromatic heterocycles. The maximum atomic E-state index is 13.3. The quantitative estimate of drug-likeness (QED) is 0.202. The molecule has 57 heavy (non-hydrogen) atoms. The molecule has 1 unspecified atom stereocenters. The molecule has 4 amide bonds. The van der Waals surface area contributed by atoms with Gasteiger partial charge in [0, 0.05) is 75.1 Å². The van der Waals surface area contributed by atoms with Crippen LogP contribution in [-0.2, 0) is 22.7 Å². The van der Waals surface area contributed by atoms with Crippen molar-refractivity contribution in [2.24, 2.45) is 11.7 Å². The highest BCUT2D eigenvalue weighted by Gasteiger charge is 2.45. The predicted octanol–water partition coefficient (Wildman–Crippen LogP) is 4.99. The Morgan fingerprint density at radius 3 is 2.25 bits per heavy atom. The molecule has 0 saturated carbocycles. The number of ether oxygens (including phenoxy) is 1. The summed E-state index contributed by atoms with van der Waals surface area (Å²) in [6.45, 7) is 8.42. The number of hydrogen-bond acceptors (Lipinski definition) is 9. The van der Waals surface area contributed by atoms with Crippen molar-refractivity contribution in [3.05, 3.63) is 83.6 Å². The van der Waals surface area contributed by atoms with Gasteiger partial charge in [-0.2, -0.15) is 0 Å². The van der Waals surface area contributed by atoms with Gasteiger partial charge in [-0.3, -0.25) is 39.2 Å². The van der Waals surface area contributed by atoms with Crippen molar-refractivity contribution in [3.8, 4) is 16.9 Å². The van der Waals surface area contributed by atoms with Gasteiger partial charge in [0.2, 0.25) is 11.8 Å². The van der Waals surface area contributed by atoms with E-state index in [4.69, 9.17) is 5.73 Å². The molecule has 1 atom stereocenters. The third kappa shape index (κ3) is 8.14. The summed E-state index contributed by atoms with van der Waals surface area (Å²) in [7, 11) is 0. The van der Waals surface area contributed by atoms with E-state index in [9.17, 15) is 32.3 Å². The lowest BCUT2D eigenvalue weighted by atomic mass is 9.95. The third-order valence-corrected chi connectivity index (χ3v) is 11.8. The monoisotopic (exact) mass is 785 g/mol. The summed E-state index contributed by atoms with van der Waals surface area (Å²) in [5.41, 5.74) is 11.5. The Labute approximate surface area is 328 Å². The number of halogens is 3. The van der Waals surface area contributed by atoms with Gasteiger partial charge in [0.15, 0.2) is 0 Å². The molecule has 5 heterocycles. The van der Waals surface area contributed by atoms with Crippen LogP contribution in [0, 0.1) is 5.92 Å². The van der Waals surface area contributed by atoms with Crippen LogP contribution in [0.4, 0.5) is 18.9 Å². The number of nitrogens with one attached hydrogen (secondary N) is 1. The van der Waals surface area contributed by atoms with Crippen LogP contribution in [0.2, 0.25) is 0 Å². The van der Waals surface area contributed by atoms with Crippen molar-refractivity contribution in [1.29, 1.82) is 0 Å². The summed E-state index contributed by atoms with van der Waals surface area (Å²) < 4.78 is 44.6. The highest BCUT2D eigenvalue weighted by molar-refractivity contribution is 6.23. The summed E-state index contributed by atoms with van der Waals surface area (Å²) >= 11 is 0. The first-order valence-electron chi connectivity index (χ1n) is 19.7. The van der Waals surface area contributed by atoms with Crippen molar-refractivity contribution in [2.45, 2.75) is 57.6 Å². The van der Waals surface area contributed by atoms with Crippen LogP contribution in [0.3, 0.4) is 0 Å². The minimum Gasteiger partial charge on any atom is -0.406 e. The molecular weight excluding hydrogens is 740 g/mol. The van der Waals surface area contributed by atoms with Crippen LogP contribution < -0.4 is 20.7 Å². The van der Waals surface area contributed by atoms with Crippen molar-refractivity contribution in [2.75, 3.05) is 57.3 Å². The summed E-state index contributed by atoms with van der Waals surface area (Å²) in [5.74, 6) is -1.68. The molecule has 4 aliphatic rings. The molecule has 3 saturated heterocycles. The Morgan fingerprint density at radius 1 is 0.807 bits per heavy atom. The van der Waals surface area contributed by atoms with E-state index in [1.807, 2.05) is 6.07 Å². The average molecular weight is 786 g/mol. The molecule has 15 heteroatoms. The van der Waals surface area contributed by atoms with Crippen molar-refractivity contribution < 1.29 is 37.1 Å². The standard InChI is InChI=1S/C42H46F3N7O5/c43-42(44,45)57-31-8-5-28(6-9-31)35-26-51(16-2-15-46)38-29(3-1-4-32(35)38)25-48-17-13-27(14-18-48)24-49-19-21-50(22-20-49)30-7-10-33-34(23-30)41(56)52(40(33)55)36-11-12-37(53)47-39(36)54/h1,3-10,23,26-27,36H,2,11-22,24-25,46H2,(H,47,53,54). The zero-order valence-electron chi connectivity index (χ0n) is 31.6. The van der Waals surface area contributed by atoms with Crippen molar-refractivity contribution in [1.82, 2.24) is 24.6 Å². The van der Waals surface area contributed by atoms with E-state index in [1.54, 1.807) is 24.3 Å². The molecule has 3 aromatic carbocycles. The molecule has 0 spiro atoms. The number of aryl methyl sites for hydroxylation is 1. The summed E-state index contributed by atoms with van der Waals surface area (Å²) in [6.07, 6.45) is 0.527. The van der Waals surface area contributed by atoms with Gasteiger partial charge in [0.1, 0.15) is 11.8 Å². The Morgan fingerprint density at radius 2 is 1.54 bits per heavy atom. The molecule has 300 valence electrons. The second-order valence-corrected chi connectivity index (χ2v) is 15.4. The van der Waals surface area contributed by atoms with Crippen molar-refractivity contribution >= 4 is 40.2 Å². The minimum absolute atomic E-state index is 0.0828. The van der Waals surface area contributed by atoms with E-state index in [1.165, 1.54) is 17.7 Å². The number of fused-ring (bicyclic) bond motifs is 2. The number of likely N-dealkylation sites (tertiary alicyclic amines) is 1. The van der Waals surface area contributed by atoms with Crippen LogP contribution in [0.1, 0.15) is 58.4 Å². The molecule has 12 nitrogen and oxygen atoms in total. The number of alkyl halides is 3. The Balaban J connectivity index is 0.858. The Bertz CT molecular complexity index is 2170. The first-order chi connectivity index (χ1) is 27.5. The second kappa shape index (κ2) is 15.9. The number of piperidine rings is 2. The Hall–Kier alpha value is -5.25. The van der Waals surface area contributed by atoms with Gasteiger partial charge in [-0.25, -0.2) is 0 Å². The number of aromatic nitrogens is 1. The largest absolute Gasteiger partial charge is 0.573 e. The van der Waals surface area contributed by atoms with E-state index < -0.39 is 36.0 Å². The number of carbonyl (C=O) groups is 4. The highest BCUT2D eigenvalue weighted by Crippen LogP contribution is 2.36. The molecule has 0 bridgehead atoms. The Kier molecular flexibility index (Phi) is 10.8. The summed E-state index contributed by atoms with van der Waals surface area (Å²) in [4.78, 5) is 58.8. The van der Waals surface area contributed by atoms with Gasteiger partial charge < -0.3 is 19.9 Å². The van der Waals surface area contributed by atoms with E-state index in [2.05, 4.69) is 53.7 Å². The number of imide groups is 2. The zero-order valence-corrected chi connectivity index (χ0v) is 31.6. The molecule has 8 rings (SSSR count). The number of piperazine rings is 1. The number of nitrogens with zero attached hydrogens (tertiary/aromatic N) is 5. The van der Waals surface area contributed by atoms with Crippen LogP contribution in [-0.4, -0.2) is 108 Å². The zero-order chi connectivity index (χ0) is 39.8. The number of anilines is 1.